The van der Waals surface area contributed by atoms with Crippen LogP contribution in [0.25, 0.3) is 0 Å². The van der Waals surface area contributed by atoms with Gasteiger partial charge in [-0.25, -0.2) is 4.39 Å². The quantitative estimate of drug-likeness (QED) is 0.906. The number of hydrogen-bond acceptors (Lipinski definition) is 2. The lowest BCUT2D eigenvalue weighted by atomic mass is 9.97. The normalized spacial score (nSPS) is 12.4. The second-order valence-corrected chi connectivity index (χ2v) is 5.02. The lowest BCUT2D eigenvalue weighted by molar-refractivity contribution is 0.161. The molecule has 0 saturated carbocycles. The average molecular weight is 295 g/mol. The lowest BCUT2D eigenvalue weighted by Crippen LogP contribution is -2.07. The molecule has 0 bridgehead atoms. The molecule has 0 aliphatic heterocycles. The molecule has 2 aromatic rings. The van der Waals surface area contributed by atoms with Gasteiger partial charge in [-0.15, -0.1) is 0 Å². The van der Waals surface area contributed by atoms with Crippen molar-refractivity contribution in [2.45, 2.75) is 19.1 Å². The second-order valence-electron chi connectivity index (χ2n) is 4.59. The minimum absolute atomic E-state index is 0.198. The van der Waals surface area contributed by atoms with E-state index >= 15 is 0 Å². The Hall–Kier alpha value is -1.42. The van der Waals surface area contributed by atoms with E-state index in [1.54, 1.807) is 19.2 Å². The molecule has 1 N–H and O–H groups in total. The predicted octanol–water partition coefficient (Wildman–Crippen LogP) is 3.90. The first kappa shape index (κ1) is 15.0. The summed E-state index contributed by atoms with van der Waals surface area (Å²) in [6.07, 6.45) is -0.582. The van der Waals surface area contributed by atoms with Crippen molar-refractivity contribution in [2.75, 3.05) is 7.11 Å². The van der Waals surface area contributed by atoms with E-state index in [1.807, 2.05) is 24.3 Å². The summed E-state index contributed by atoms with van der Waals surface area (Å²) >= 11 is 5.72. The van der Waals surface area contributed by atoms with Gasteiger partial charge in [-0.3, -0.25) is 0 Å². The van der Waals surface area contributed by atoms with E-state index in [1.165, 1.54) is 6.07 Å². The third-order valence-corrected chi connectivity index (χ3v) is 3.38. The van der Waals surface area contributed by atoms with Crippen molar-refractivity contribution in [1.82, 2.24) is 0 Å². The fourth-order valence-electron chi connectivity index (χ4n) is 2.15. The maximum atomic E-state index is 13.8. The first-order valence-corrected chi connectivity index (χ1v) is 6.68. The van der Waals surface area contributed by atoms with Gasteiger partial charge in [0.1, 0.15) is 5.82 Å². The smallest absolute Gasteiger partial charge is 0.127 e. The van der Waals surface area contributed by atoms with Gasteiger partial charge in [0, 0.05) is 18.6 Å². The molecule has 106 valence electrons. The molecule has 0 fully saturated rings. The first-order valence-electron chi connectivity index (χ1n) is 6.30. The summed E-state index contributed by atoms with van der Waals surface area (Å²) in [6, 6.07) is 11.9. The number of aliphatic hydroxyl groups excluding tert-OH is 1. The summed E-state index contributed by atoms with van der Waals surface area (Å²) in [5.41, 5.74) is 2.09. The zero-order chi connectivity index (χ0) is 14.5. The van der Waals surface area contributed by atoms with Crippen LogP contribution in [0.4, 0.5) is 4.39 Å². The monoisotopic (exact) mass is 294 g/mol. The molecule has 0 aromatic heterocycles. The molecule has 2 nitrogen and oxygen atoms in total. The molecule has 0 aliphatic carbocycles. The Bertz CT molecular complexity index is 586. The van der Waals surface area contributed by atoms with Gasteiger partial charge in [0.15, 0.2) is 0 Å². The molecule has 1 unspecified atom stereocenters. The molecular formula is C16H16ClFO2. The Morgan fingerprint density at radius 2 is 1.95 bits per heavy atom. The standard InChI is InChI=1S/C16H16ClFO2/c1-20-10-12-4-2-3-5-14(12)16(19)8-11-6-7-13(17)9-15(11)18/h2-7,9,16,19H,8,10H2,1H3. The van der Waals surface area contributed by atoms with Gasteiger partial charge in [0.2, 0.25) is 0 Å². The Morgan fingerprint density at radius 1 is 1.20 bits per heavy atom. The van der Waals surface area contributed by atoms with Crippen molar-refractivity contribution >= 4 is 11.6 Å². The fourth-order valence-corrected chi connectivity index (χ4v) is 2.31. The van der Waals surface area contributed by atoms with Crippen molar-refractivity contribution < 1.29 is 14.2 Å². The van der Waals surface area contributed by atoms with E-state index in [4.69, 9.17) is 16.3 Å². The average Bonchev–Trinajstić information content (AvgIpc) is 2.43. The van der Waals surface area contributed by atoms with E-state index in [9.17, 15) is 9.50 Å². The lowest BCUT2D eigenvalue weighted by Gasteiger charge is -2.16. The van der Waals surface area contributed by atoms with E-state index in [0.29, 0.717) is 17.2 Å². The van der Waals surface area contributed by atoms with Crippen LogP contribution in [-0.4, -0.2) is 12.2 Å². The largest absolute Gasteiger partial charge is 0.388 e. The third kappa shape index (κ3) is 3.57. The predicted molar refractivity (Wildman–Crippen MR) is 77.2 cm³/mol. The van der Waals surface area contributed by atoms with Crippen LogP contribution >= 0.6 is 11.6 Å². The van der Waals surface area contributed by atoms with E-state index in [0.717, 1.165) is 11.1 Å². The molecule has 1 atom stereocenters. The molecule has 2 aromatic carbocycles. The van der Waals surface area contributed by atoms with Crippen LogP contribution in [0.5, 0.6) is 0 Å². The van der Waals surface area contributed by atoms with Gasteiger partial charge < -0.3 is 9.84 Å². The number of rotatable bonds is 5. The summed E-state index contributed by atoms with van der Waals surface area (Å²) in [7, 11) is 1.60. The van der Waals surface area contributed by atoms with Crippen LogP contribution in [0, 0.1) is 5.82 Å². The number of aliphatic hydroxyl groups is 1. The molecule has 20 heavy (non-hydrogen) atoms. The van der Waals surface area contributed by atoms with Gasteiger partial charge in [-0.05, 0) is 28.8 Å². The molecule has 0 heterocycles. The molecule has 0 saturated heterocycles. The van der Waals surface area contributed by atoms with Crippen LogP contribution in [0.15, 0.2) is 42.5 Å². The van der Waals surface area contributed by atoms with Gasteiger partial charge >= 0.3 is 0 Å². The zero-order valence-corrected chi connectivity index (χ0v) is 11.9. The van der Waals surface area contributed by atoms with E-state index in [-0.39, 0.29) is 6.42 Å². The highest BCUT2D eigenvalue weighted by molar-refractivity contribution is 6.30. The number of halogens is 2. The van der Waals surface area contributed by atoms with Crippen molar-refractivity contribution in [2.24, 2.45) is 0 Å². The number of ether oxygens (including phenoxy) is 1. The molecule has 0 aliphatic rings. The summed E-state index contributed by atoms with van der Waals surface area (Å²) in [5, 5.41) is 10.7. The highest BCUT2D eigenvalue weighted by Crippen LogP contribution is 2.24. The Labute approximate surface area is 122 Å². The van der Waals surface area contributed by atoms with Crippen molar-refractivity contribution in [1.29, 1.82) is 0 Å². The summed E-state index contributed by atoms with van der Waals surface area (Å²) < 4.78 is 18.9. The van der Waals surface area contributed by atoms with Crippen LogP contribution in [-0.2, 0) is 17.8 Å². The summed E-state index contributed by atoms with van der Waals surface area (Å²) in [4.78, 5) is 0. The fraction of sp³-hybridized carbons (Fsp3) is 0.250. The van der Waals surface area contributed by atoms with Gasteiger partial charge in [-0.2, -0.15) is 0 Å². The van der Waals surface area contributed by atoms with Gasteiger partial charge in [0.25, 0.3) is 0 Å². The Balaban J connectivity index is 2.21. The Kier molecular flexibility index (Phi) is 5.12. The van der Waals surface area contributed by atoms with Gasteiger partial charge in [0.05, 0.1) is 12.7 Å². The minimum Gasteiger partial charge on any atom is -0.388 e. The zero-order valence-electron chi connectivity index (χ0n) is 11.1. The summed E-state index contributed by atoms with van der Waals surface area (Å²) in [6.45, 7) is 0.413. The van der Waals surface area contributed by atoms with E-state index < -0.39 is 11.9 Å². The number of hydrogen-bond donors (Lipinski definition) is 1. The molecule has 0 spiro atoms. The molecule has 0 amide bonds. The second kappa shape index (κ2) is 6.84. The SMILES string of the molecule is COCc1ccccc1C(O)Cc1ccc(Cl)cc1F. The topological polar surface area (TPSA) is 29.5 Å². The van der Waals surface area contributed by atoms with Crippen molar-refractivity contribution in [3.8, 4) is 0 Å². The van der Waals surface area contributed by atoms with Crippen LogP contribution < -0.4 is 0 Å². The third-order valence-electron chi connectivity index (χ3n) is 3.14. The molecule has 2 rings (SSSR count). The maximum absolute atomic E-state index is 13.8. The first-order chi connectivity index (χ1) is 9.61. The number of benzene rings is 2. The van der Waals surface area contributed by atoms with Crippen LogP contribution in [0.2, 0.25) is 5.02 Å². The highest BCUT2D eigenvalue weighted by Gasteiger charge is 2.15. The van der Waals surface area contributed by atoms with Crippen molar-refractivity contribution in [3.05, 3.63) is 70.0 Å². The molecular weight excluding hydrogens is 279 g/mol. The van der Waals surface area contributed by atoms with Gasteiger partial charge in [-0.1, -0.05) is 41.9 Å². The maximum Gasteiger partial charge on any atom is 0.127 e. The van der Waals surface area contributed by atoms with Crippen LogP contribution in [0.1, 0.15) is 22.8 Å². The summed E-state index contributed by atoms with van der Waals surface area (Å²) in [5.74, 6) is -0.402. The molecule has 0 radical (unpaired) electrons. The van der Waals surface area contributed by atoms with E-state index in [2.05, 4.69) is 0 Å². The molecule has 4 heteroatoms. The van der Waals surface area contributed by atoms with Crippen LogP contribution in [0.3, 0.4) is 0 Å². The Morgan fingerprint density at radius 3 is 2.65 bits per heavy atom. The minimum atomic E-state index is -0.781. The van der Waals surface area contributed by atoms with Crippen molar-refractivity contribution in [3.63, 3.8) is 0 Å². The highest BCUT2D eigenvalue weighted by atomic mass is 35.5. The number of methoxy groups -OCH3 is 1.